The van der Waals surface area contributed by atoms with Gasteiger partial charge in [-0.1, -0.05) is 33.6 Å². The van der Waals surface area contributed by atoms with Crippen LogP contribution in [0.4, 0.5) is 5.69 Å². The molecule has 0 bridgehead atoms. The van der Waals surface area contributed by atoms with Gasteiger partial charge in [0.1, 0.15) is 5.69 Å². The van der Waals surface area contributed by atoms with Crippen molar-refractivity contribution in [3.8, 4) is 11.3 Å². The first-order valence-corrected chi connectivity index (χ1v) is 9.27. The summed E-state index contributed by atoms with van der Waals surface area (Å²) >= 11 is 9.61. The number of nitrogens with zero attached hydrogens (tertiary/aromatic N) is 2. The van der Waals surface area contributed by atoms with Crippen molar-refractivity contribution in [3.63, 3.8) is 0 Å². The number of halogens is 2. The van der Waals surface area contributed by atoms with Crippen LogP contribution in [0.15, 0.2) is 40.9 Å². The fourth-order valence-corrected chi connectivity index (χ4v) is 4.25. The maximum Gasteiger partial charge on any atom is 0.296 e. The Balaban J connectivity index is 2.05. The molecule has 0 radical (unpaired) electrons. The molecular weight excluding hydrogens is 404 g/mol. The van der Waals surface area contributed by atoms with Gasteiger partial charge in [-0.05, 0) is 61.1 Å². The topological polar surface area (TPSA) is 56.0 Å². The third-order valence-corrected chi connectivity index (χ3v) is 5.57. The second kappa shape index (κ2) is 6.39. The summed E-state index contributed by atoms with van der Waals surface area (Å²) < 4.78 is 0.845. The van der Waals surface area contributed by atoms with E-state index < -0.39 is 0 Å². The molecule has 2 aromatic carbocycles. The largest absolute Gasteiger partial charge is 0.296 e. The first kappa shape index (κ1) is 16.5. The molecular formula is C19H14BrClN2O2. The number of rotatable bonds is 2. The Morgan fingerprint density at radius 2 is 1.92 bits per heavy atom. The Bertz CT molecular complexity index is 1020. The van der Waals surface area contributed by atoms with Crippen LogP contribution in [0, 0.1) is 10.1 Å². The molecule has 1 aliphatic rings. The summed E-state index contributed by atoms with van der Waals surface area (Å²) in [5, 5.41) is 12.9. The first-order valence-electron chi connectivity index (χ1n) is 8.10. The van der Waals surface area contributed by atoms with E-state index in [1.807, 2.05) is 6.07 Å². The quantitative estimate of drug-likeness (QED) is 0.373. The van der Waals surface area contributed by atoms with Crippen LogP contribution in [0.1, 0.15) is 24.0 Å². The van der Waals surface area contributed by atoms with Crippen LogP contribution in [0.2, 0.25) is 5.02 Å². The predicted molar refractivity (Wildman–Crippen MR) is 103 cm³/mol. The summed E-state index contributed by atoms with van der Waals surface area (Å²) in [5.74, 6) is 0. The van der Waals surface area contributed by atoms with Crippen molar-refractivity contribution in [2.24, 2.45) is 0 Å². The SMILES string of the molecule is O=[N+]([O-])c1cc2cc(Cl)ccc2nc1-c1c(Br)ccc2c1CCCC2. The summed E-state index contributed by atoms with van der Waals surface area (Å²) in [5.41, 5.74) is 4.41. The highest BCUT2D eigenvalue weighted by Gasteiger charge is 2.25. The minimum absolute atomic E-state index is 0.00874. The minimum Gasteiger partial charge on any atom is -0.258 e. The lowest BCUT2D eigenvalue weighted by Gasteiger charge is -2.20. The Morgan fingerprint density at radius 3 is 2.72 bits per heavy atom. The van der Waals surface area contributed by atoms with Crippen molar-refractivity contribution in [2.75, 3.05) is 0 Å². The minimum atomic E-state index is -0.364. The van der Waals surface area contributed by atoms with E-state index in [4.69, 9.17) is 11.6 Å². The highest BCUT2D eigenvalue weighted by molar-refractivity contribution is 9.10. The van der Waals surface area contributed by atoms with Gasteiger partial charge in [-0.15, -0.1) is 0 Å². The van der Waals surface area contributed by atoms with Crippen LogP contribution in [0.25, 0.3) is 22.2 Å². The molecule has 4 rings (SSSR count). The van der Waals surface area contributed by atoms with Gasteiger partial charge in [0.25, 0.3) is 5.69 Å². The molecule has 126 valence electrons. The second-order valence-corrected chi connectivity index (χ2v) is 7.51. The fraction of sp³-hybridized carbons (Fsp3) is 0.211. The third kappa shape index (κ3) is 2.92. The van der Waals surface area contributed by atoms with Crippen molar-refractivity contribution in [1.82, 2.24) is 4.98 Å². The molecule has 4 nitrogen and oxygen atoms in total. The summed E-state index contributed by atoms with van der Waals surface area (Å²) in [4.78, 5) is 16.0. The molecule has 0 amide bonds. The van der Waals surface area contributed by atoms with Crippen LogP contribution >= 0.6 is 27.5 Å². The van der Waals surface area contributed by atoms with E-state index in [0.717, 1.165) is 35.7 Å². The Kier molecular flexibility index (Phi) is 4.21. The second-order valence-electron chi connectivity index (χ2n) is 6.22. The maximum atomic E-state index is 11.7. The summed E-state index contributed by atoms with van der Waals surface area (Å²) in [6, 6.07) is 10.9. The third-order valence-electron chi connectivity index (χ3n) is 4.67. The van der Waals surface area contributed by atoms with E-state index in [-0.39, 0.29) is 10.6 Å². The normalized spacial score (nSPS) is 13.7. The van der Waals surface area contributed by atoms with Crippen LogP contribution in [0.3, 0.4) is 0 Å². The monoisotopic (exact) mass is 416 g/mol. The molecule has 1 heterocycles. The number of hydrogen-bond donors (Lipinski definition) is 0. The van der Waals surface area contributed by atoms with Gasteiger partial charge in [-0.25, -0.2) is 4.98 Å². The average Bonchev–Trinajstić information content (AvgIpc) is 2.60. The average molecular weight is 418 g/mol. The van der Waals surface area contributed by atoms with Crippen LogP contribution in [-0.4, -0.2) is 9.91 Å². The number of fused-ring (bicyclic) bond motifs is 2. The van der Waals surface area contributed by atoms with Gasteiger partial charge in [0.05, 0.1) is 10.4 Å². The van der Waals surface area contributed by atoms with Crippen molar-refractivity contribution < 1.29 is 4.92 Å². The fourth-order valence-electron chi connectivity index (χ4n) is 3.51. The van der Waals surface area contributed by atoms with E-state index in [2.05, 4.69) is 27.0 Å². The summed E-state index contributed by atoms with van der Waals surface area (Å²) in [7, 11) is 0. The van der Waals surface area contributed by atoms with Gasteiger partial charge in [0, 0.05) is 26.5 Å². The van der Waals surface area contributed by atoms with E-state index in [1.54, 1.807) is 24.3 Å². The number of nitro groups is 1. The number of hydrogen-bond acceptors (Lipinski definition) is 3. The van der Waals surface area contributed by atoms with Gasteiger partial charge in [0.2, 0.25) is 0 Å². The molecule has 0 aliphatic heterocycles. The van der Waals surface area contributed by atoms with Crippen molar-refractivity contribution in [2.45, 2.75) is 25.7 Å². The van der Waals surface area contributed by atoms with Gasteiger partial charge in [0.15, 0.2) is 0 Å². The lowest BCUT2D eigenvalue weighted by atomic mass is 9.87. The van der Waals surface area contributed by atoms with E-state index in [0.29, 0.717) is 21.6 Å². The van der Waals surface area contributed by atoms with Crippen molar-refractivity contribution in [1.29, 1.82) is 0 Å². The zero-order chi connectivity index (χ0) is 17.6. The highest BCUT2D eigenvalue weighted by Crippen LogP contribution is 2.41. The lowest BCUT2D eigenvalue weighted by Crippen LogP contribution is -2.07. The van der Waals surface area contributed by atoms with Crippen molar-refractivity contribution in [3.05, 3.63) is 67.1 Å². The predicted octanol–water partition coefficient (Wildman–Crippen LogP) is 6.10. The number of aryl methyl sites for hydroxylation is 1. The first-order chi connectivity index (χ1) is 12.0. The molecule has 0 fully saturated rings. The summed E-state index contributed by atoms with van der Waals surface area (Å²) in [6.07, 6.45) is 4.17. The summed E-state index contributed by atoms with van der Waals surface area (Å²) in [6.45, 7) is 0. The number of benzene rings is 2. The molecule has 0 spiro atoms. The standard InChI is InChI=1S/C19H14BrClN2O2/c20-15-7-5-11-3-1-2-4-14(11)18(15)19-17(23(24)25)10-12-9-13(21)6-8-16(12)22-19/h5-10H,1-4H2. The molecule has 3 aromatic rings. The molecule has 1 aliphatic carbocycles. The van der Waals surface area contributed by atoms with Gasteiger partial charge in [-0.2, -0.15) is 0 Å². The Hall–Kier alpha value is -1.98. The zero-order valence-electron chi connectivity index (χ0n) is 13.3. The zero-order valence-corrected chi connectivity index (χ0v) is 15.6. The molecule has 0 N–H and O–H groups in total. The molecule has 25 heavy (non-hydrogen) atoms. The molecule has 0 atom stereocenters. The van der Waals surface area contributed by atoms with Crippen LogP contribution in [-0.2, 0) is 12.8 Å². The molecule has 6 heteroatoms. The molecule has 0 saturated carbocycles. The van der Waals surface area contributed by atoms with Gasteiger partial charge in [-0.3, -0.25) is 10.1 Å². The van der Waals surface area contributed by atoms with Gasteiger partial charge < -0.3 is 0 Å². The van der Waals surface area contributed by atoms with Crippen LogP contribution in [0.5, 0.6) is 0 Å². The molecule has 1 aromatic heterocycles. The lowest BCUT2D eigenvalue weighted by molar-refractivity contribution is -0.384. The smallest absolute Gasteiger partial charge is 0.258 e. The van der Waals surface area contributed by atoms with Crippen molar-refractivity contribution >= 4 is 44.1 Å². The molecule has 0 saturated heterocycles. The number of pyridine rings is 1. The molecule has 0 unspecified atom stereocenters. The van der Waals surface area contributed by atoms with E-state index in [9.17, 15) is 10.1 Å². The van der Waals surface area contributed by atoms with E-state index in [1.165, 1.54) is 11.1 Å². The Labute approximate surface area is 158 Å². The Morgan fingerprint density at radius 1 is 1.12 bits per heavy atom. The maximum absolute atomic E-state index is 11.7. The van der Waals surface area contributed by atoms with Crippen LogP contribution < -0.4 is 0 Å². The highest BCUT2D eigenvalue weighted by atomic mass is 79.9. The van der Waals surface area contributed by atoms with E-state index >= 15 is 0 Å². The number of aromatic nitrogens is 1. The van der Waals surface area contributed by atoms with Gasteiger partial charge >= 0.3 is 0 Å².